The molecule has 3 rings (SSSR count). The number of nitrogens with one attached hydrogen (secondary N) is 1. The van der Waals surface area contributed by atoms with Crippen LogP contribution in [0.1, 0.15) is 31.2 Å². The summed E-state index contributed by atoms with van der Waals surface area (Å²) in [5, 5.41) is 13.2. The van der Waals surface area contributed by atoms with Crippen molar-refractivity contribution in [2.24, 2.45) is 5.92 Å². The van der Waals surface area contributed by atoms with Gasteiger partial charge in [-0.1, -0.05) is 30.3 Å². The summed E-state index contributed by atoms with van der Waals surface area (Å²) in [4.78, 5) is 12.1. The van der Waals surface area contributed by atoms with Crippen molar-refractivity contribution in [2.45, 2.75) is 37.4 Å². The van der Waals surface area contributed by atoms with Crippen molar-refractivity contribution in [3.8, 4) is 0 Å². The summed E-state index contributed by atoms with van der Waals surface area (Å²) in [6.07, 6.45) is 1.27. The van der Waals surface area contributed by atoms with E-state index in [4.69, 9.17) is 4.74 Å². The van der Waals surface area contributed by atoms with Crippen molar-refractivity contribution < 1.29 is 14.6 Å². The van der Waals surface area contributed by atoms with E-state index in [1.165, 1.54) is 5.56 Å². The Morgan fingerprint density at radius 3 is 2.85 bits per heavy atom. The second-order valence-electron chi connectivity index (χ2n) is 5.94. The average Bonchev–Trinajstić information content (AvgIpc) is 3.20. The van der Waals surface area contributed by atoms with E-state index in [-0.39, 0.29) is 24.5 Å². The van der Waals surface area contributed by atoms with Crippen molar-refractivity contribution >= 4 is 5.91 Å². The predicted octanol–water partition coefficient (Wildman–Crippen LogP) is 1.45. The highest BCUT2D eigenvalue weighted by Gasteiger charge is 2.45. The maximum Gasteiger partial charge on any atom is 0.223 e. The summed E-state index contributed by atoms with van der Waals surface area (Å²) in [7, 11) is 0. The molecule has 1 amide bonds. The molecule has 0 aromatic heterocycles. The third-order valence-electron chi connectivity index (χ3n) is 4.58. The Labute approximate surface area is 119 Å². The smallest absolute Gasteiger partial charge is 0.223 e. The maximum atomic E-state index is 12.1. The topological polar surface area (TPSA) is 58.6 Å². The quantitative estimate of drug-likeness (QED) is 0.874. The molecule has 0 bridgehead atoms. The number of aliphatic hydroxyl groups is 1. The van der Waals surface area contributed by atoms with Crippen molar-refractivity contribution in [3.63, 3.8) is 0 Å². The molecule has 4 heteroatoms. The van der Waals surface area contributed by atoms with Crippen LogP contribution < -0.4 is 5.32 Å². The Hall–Kier alpha value is -1.39. The van der Waals surface area contributed by atoms with Crippen LogP contribution >= 0.6 is 0 Å². The molecular weight excluding hydrogens is 254 g/mol. The van der Waals surface area contributed by atoms with E-state index in [1.54, 1.807) is 0 Å². The molecule has 2 aliphatic rings. The van der Waals surface area contributed by atoms with Crippen LogP contribution in [0, 0.1) is 5.92 Å². The standard InChI is InChI=1S/C16H21NO3/c1-11-16(19,7-8-20-11)10-17-15(18)14-9-13(14)12-5-3-2-4-6-12/h2-6,11,13-14,19H,7-10H2,1H3,(H,17,18). The second kappa shape index (κ2) is 5.19. The highest BCUT2D eigenvalue weighted by Crippen LogP contribution is 2.47. The molecule has 4 nitrogen and oxygen atoms in total. The first kappa shape index (κ1) is 13.6. The number of hydrogen-bond acceptors (Lipinski definition) is 3. The average molecular weight is 275 g/mol. The van der Waals surface area contributed by atoms with Gasteiger partial charge in [-0.2, -0.15) is 0 Å². The van der Waals surface area contributed by atoms with Crippen LogP contribution in [-0.2, 0) is 9.53 Å². The van der Waals surface area contributed by atoms with E-state index in [1.807, 2.05) is 25.1 Å². The maximum absolute atomic E-state index is 12.1. The fraction of sp³-hybridized carbons (Fsp3) is 0.562. The molecule has 2 fully saturated rings. The normalized spacial score (nSPS) is 35.8. The largest absolute Gasteiger partial charge is 0.385 e. The van der Waals surface area contributed by atoms with E-state index >= 15 is 0 Å². The molecule has 0 spiro atoms. The van der Waals surface area contributed by atoms with Gasteiger partial charge in [0.05, 0.1) is 6.10 Å². The molecule has 20 heavy (non-hydrogen) atoms. The Balaban J connectivity index is 1.52. The summed E-state index contributed by atoms with van der Waals surface area (Å²) in [5.74, 6) is 0.438. The highest BCUT2D eigenvalue weighted by molar-refractivity contribution is 5.82. The molecule has 4 unspecified atom stereocenters. The van der Waals surface area contributed by atoms with Crippen LogP contribution in [0.3, 0.4) is 0 Å². The first-order chi connectivity index (χ1) is 9.60. The first-order valence-electron chi connectivity index (χ1n) is 7.27. The molecule has 1 heterocycles. The lowest BCUT2D eigenvalue weighted by Gasteiger charge is -2.26. The summed E-state index contributed by atoms with van der Waals surface area (Å²) < 4.78 is 5.37. The summed E-state index contributed by atoms with van der Waals surface area (Å²) in [5.41, 5.74) is 0.316. The van der Waals surface area contributed by atoms with Gasteiger partial charge in [0.2, 0.25) is 5.91 Å². The zero-order valence-electron chi connectivity index (χ0n) is 11.7. The third kappa shape index (κ3) is 2.58. The van der Waals surface area contributed by atoms with Gasteiger partial charge in [0, 0.05) is 25.5 Å². The van der Waals surface area contributed by atoms with Crippen molar-refractivity contribution in [3.05, 3.63) is 35.9 Å². The van der Waals surface area contributed by atoms with Crippen molar-refractivity contribution in [1.29, 1.82) is 0 Å². The third-order valence-corrected chi connectivity index (χ3v) is 4.58. The van der Waals surface area contributed by atoms with Gasteiger partial charge in [0.25, 0.3) is 0 Å². The minimum absolute atomic E-state index is 0.0476. The zero-order chi connectivity index (χ0) is 14.2. The van der Waals surface area contributed by atoms with Crippen LogP contribution in [0.2, 0.25) is 0 Å². The lowest BCUT2D eigenvalue weighted by molar-refractivity contribution is -0.124. The lowest BCUT2D eigenvalue weighted by Crippen LogP contribution is -2.47. The van der Waals surface area contributed by atoms with Crippen molar-refractivity contribution in [1.82, 2.24) is 5.32 Å². The van der Waals surface area contributed by atoms with Crippen LogP contribution in [0.4, 0.5) is 0 Å². The number of hydrogen-bond donors (Lipinski definition) is 2. The number of benzene rings is 1. The Bertz CT molecular complexity index is 490. The Morgan fingerprint density at radius 1 is 1.45 bits per heavy atom. The SMILES string of the molecule is CC1OCCC1(O)CNC(=O)C1CC1c1ccccc1. The molecule has 108 valence electrons. The summed E-state index contributed by atoms with van der Waals surface area (Å²) in [6, 6.07) is 10.1. The van der Waals surface area contributed by atoms with E-state index in [9.17, 15) is 9.90 Å². The van der Waals surface area contributed by atoms with E-state index in [2.05, 4.69) is 17.4 Å². The van der Waals surface area contributed by atoms with Gasteiger partial charge in [0.15, 0.2) is 0 Å². The first-order valence-corrected chi connectivity index (χ1v) is 7.27. The van der Waals surface area contributed by atoms with Gasteiger partial charge in [-0.25, -0.2) is 0 Å². The van der Waals surface area contributed by atoms with Gasteiger partial charge >= 0.3 is 0 Å². The van der Waals surface area contributed by atoms with Crippen LogP contribution in [0.25, 0.3) is 0 Å². The molecule has 1 aromatic rings. The number of rotatable bonds is 4. The number of carbonyl (C=O) groups is 1. The van der Waals surface area contributed by atoms with Gasteiger partial charge in [-0.15, -0.1) is 0 Å². The van der Waals surface area contributed by atoms with Gasteiger partial charge in [-0.05, 0) is 24.8 Å². The van der Waals surface area contributed by atoms with Gasteiger partial charge in [0.1, 0.15) is 5.60 Å². The van der Waals surface area contributed by atoms with E-state index in [0.717, 1.165) is 6.42 Å². The molecule has 1 aromatic carbocycles. The van der Waals surface area contributed by atoms with E-state index < -0.39 is 5.60 Å². The van der Waals surface area contributed by atoms with Crippen molar-refractivity contribution in [2.75, 3.05) is 13.2 Å². The Kier molecular flexibility index (Phi) is 3.52. The molecule has 2 N–H and O–H groups in total. The molecule has 4 atom stereocenters. The highest BCUT2D eigenvalue weighted by atomic mass is 16.5. The fourth-order valence-corrected chi connectivity index (χ4v) is 2.93. The Morgan fingerprint density at radius 2 is 2.20 bits per heavy atom. The number of carbonyl (C=O) groups excluding carboxylic acids is 1. The zero-order valence-corrected chi connectivity index (χ0v) is 11.7. The lowest BCUT2D eigenvalue weighted by atomic mass is 9.96. The molecular formula is C16H21NO3. The van der Waals surface area contributed by atoms with Gasteiger partial charge in [-0.3, -0.25) is 4.79 Å². The fourth-order valence-electron chi connectivity index (χ4n) is 2.93. The van der Waals surface area contributed by atoms with E-state index in [0.29, 0.717) is 18.9 Å². The molecule has 0 radical (unpaired) electrons. The van der Waals surface area contributed by atoms with Gasteiger partial charge < -0.3 is 15.2 Å². The molecule has 1 aliphatic carbocycles. The minimum atomic E-state index is -0.910. The molecule has 1 saturated heterocycles. The molecule has 1 saturated carbocycles. The predicted molar refractivity (Wildman–Crippen MR) is 75.3 cm³/mol. The van der Waals surface area contributed by atoms with Crippen LogP contribution in [-0.4, -0.2) is 35.9 Å². The summed E-state index contributed by atoms with van der Waals surface area (Å²) in [6.45, 7) is 2.69. The summed E-state index contributed by atoms with van der Waals surface area (Å²) >= 11 is 0. The number of ether oxygens (including phenoxy) is 1. The monoisotopic (exact) mass is 275 g/mol. The van der Waals surface area contributed by atoms with Crippen LogP contribution in [0.15, 0.2) is 30.3 Å². The van der Waals surface area contributed by atoms with Crippen LogP contribution in [0.5, 0.6) is 0 Å². The molecule has 1 aliphatic heterocycles. The number of amides is 1. The second-order valence-corrected chi connectivity index (χ2v) is 5.94. The minimum Gasteiger partial charge on any atom is -0.385 e.